The van der Waals surface area contributed by atoms with Gasteiger partial charge in [0, 0.05) is 42.8 Å². The number of hydrogen-bond donors (Lipinski definition) is 2. The van der Waals surface area contributed by atoms with Crippen molar-refractivity contribution in [2.45, 2.75) is 33.6 Å². The number of H-pyrrole nitrogens is 1. The molecule has 4 heterocycles. The van der Waals surface area contributed by atoms with Gasteiger partial charge in [-0.3, -0.25) is 9.59 Å². The standard InChI is InChI=1S/C26H25FN6O3.C2H6/c1-15(2)18-13-29-23(16-3-5-17(27)6-4-16)32-24(18)31-20-7-8-28-25-21(20)19(14-30-25)22(34)26(35)33-9-11-36-12-10-33;1-2/h3-8,13-15H,9-12H2,1-2H3,(H2,28,29,30,31,32);1-2H3. The number of nitrogens with one attached hydrogen (secondary N) is 2. The molecule has 0 atom stereocenters. The number of nitrogens with zero attached hydrogens (tertiary/aromatic N) is 4. The first kappa shape index (κ1) is 26.9. The average molecular weight is 519 g/mol. The van der Waals surface area contributed by atoms with Gasteiger partial charge >= 0.3 is 0 Å². The molecule has 0 radical (unpaired) electrons. The number of anilines is 2. The maximum Gasteiger partial charge on any atom is 0.295 e. The quantitative estimate of drug-likeness (QED) is 0.270. The molecule has 1 saturated heterocycles. The highest BCUT2D eigenvalue weighted by Crippen LogP contribution is 2.32. The third-order valence-corrected chi connectivity index (χ3v) is 6.11. The fourth-order valence-corrected chi connectivity index (χ4v) is 4.14. The summed E-state index contributed by atoms with van der Waals surface area (Å²) in [4.78, 5) is 44.1. The first-order valence-corrected chi connectivity index (χ1v) is 12.7. The summed E-state index contributed by atoms with van der Waals surface area (Å²) in [7, 11) is 0. The number of fused-ring (bicyclic) bond motifs is 1. The monoisotopic (exact) mass is 518 g/mol. The Hall–Kier alpha value is -4.18. The molecular formula is C28H31FN6O3. The third kappa shape index (κ3) is 5.55. The second-order valence-corrected chi connectivity index (χ2v) is 8.80. The van der Waals surface area contributed by atoms with E-state index in [9.17, 15) is 14.0 Å². The highest BCUT2D eigenvalue weighted by Gasteiger charge is 2.28. The van der Waals surface area contributed by atoms with Crippen molar-refractivity contribution in [1.29, 1.82) is 0 Å². The molecule has 198 valence electrons. The predicted molar refractivity (Wildman–Crippen MR) is 144 cm³/mol. The number of hydrogen-bond acceptors (Lipinski definition) is 7. The number of carbonyl (C=O) groups excluding carboxylic acids is 2. The van der Waals surface area contributed by atoms with E-state index in [1.807, 2.05) is 27.7 Å². The molecule has 1 aliphatic rings. The van der Waals surface area contributed by atoms with Crippen molar-refractivity contribution in [3.63, 3.8) is 0 Å². The molecule has 0 unspecified atom stereocenters. The van der Waals surface area contributed by atoms with E-state index >= 15 is 0 Å². The number of amides is 1. The SMILES string of the molecule is CC.CC(C)c1cnc(-c2ccc(F)cc2)nc1Nc1ccnc2[nH]cc(C(=O)C(=O)N3CCOCC3)c12. The van der Waals surface area contributed by atoms with Crippen LogP contribution >= 0.6 is 0 Å². The number of benzene rings is 1. The molecule has 0 aliphatic carbocycles. The fourth-order valence-electron chi connectivity index (χ4n) is 4.14. The number of aromatic amines is 1. The van der Waals surface area contributed by atoms with Gasteiger partial charge in [-0.1, -0.05) is 27.7 Å². The van der Waals surface area contributed by atoms with Gasteiger partial charge in [0.05, 0.1) is 29.9 Å². The molecule has 1 amide bonds. The number of aromatic nitrogens is 4. The number of ether oxygens (including phenoxy) is 1. The zero-order valence-corrected chi connectivity index (χ0v) is 21.9. The second-order valence-electron chi connectivity index (χ2n) is 8.80. The Bertz CT molecular complexity index is 1430. The van der Waals surface area contributed by atoms with Gasteiger partial charge < -0.3 is 19.9 Å². The maximum absolute atomic E-state index is 13.4. The van der Waals surface area contributed by atoms with E-state index < -0.39 is 11.7 Å². The van der Waals surface area contributed by atoms with Gasteiger partial charge in [-0.05, 0) is 36.2 Å². The summed E-state index contributed by atoms with van der Waals surface area (Å²) in [5.74, 6) is -0.449. The number of pyridine rings is 1. The molecule has 5 rings (SSSR count). The Balaban J connectivity index is 0.00000164. The summed E-state index contributed by atoms with van der Waals surface area (Å²) < 4.78 is 18.7. The van der Waals surface area contributed by atoms with E-state index in [-0.39, 0.29) is 17.3 Å². The zero-order chi connectivity index (χ0) is 27.2. The molecule has 1 fully saturated rings. The average Bonchev–Trinajstić information content (AvgIpc) is 3.39. The van der Waals surface area contributed by atoms with E-state index in [4.69, 9.17) is 9.72 Å². The number of halogens is 1. The molecule has 0 spiro atoms. The van der Waals surface area contributed by atoms with Crippen LogP contribution in [0.2, 0.25) is 0 Å². The van der Waals surface area contributed by atoms with Gasteiger partial charge in [0.25, 0.3) is 11.7 Å². The normalized spacial score (nSPS) is 13.3. The van der Waals surface area contributed by atoms with Crippen LogP contribution < -0.4 is 5.32 Å². The summed E-state index contributed by atoms with van der Waals surface area (Å²) in [6, 6.07) is 7.69. The summed E-state index contributed by atoms with van der Waals surface area (Å²) in [6.45, 7) is 9.61. The largest absolute Gasteiger partial charge is 0.378 e. The highest BCUT2D eigenvalue weighted by atomic mass is 19.1. The second kappa shape index (κ2) is 11.9. The van der Waals surface area contributed by atoms with Crippen molar-refractivity contribution in [3.05, 3.63) is 65.9 Å². The minimum atomic E-state index is -0.613. The molecule has 10 heteroatoms. The summed E-state index contributed by atoms with van der Waals surface area (Å²) >= 11 is 0. The Morgan fingerprint density at radius 2 is 1.79 bits per heavy atom. The zero-order valence-electron chi connectivity index (χ0n) is 21.9. The van der Waals surface area contributed by atoms with Gasteiger partial charge in [-0.25, -0.2) is 19.3 Å². The Kier molecular flexibility index (Phi) is 8.42. The maximum atomic E-state index is 13.4. The highest BCUT2D eigenvalue weighted by molar-refractivity contribution is 6.45. The number of morpholine rings is 1. The summed E-state index contributed by atoms with van der Waals surface area (Å²) in [5.41, 5.74) is 2.81. The smallest absolute Gasteiger partial charge is 0.295 e. The third-order valence-electron chi connectivity index (χ3n) is 6.11. The van der Waals surface area contributed by atoms with Crippen LogP contribution in [0, 0.1) is 5.82 Å². The minimum Gasteiger partial charge on any atom is -0.378 e. The topological polar surface area (TPSA) is 113 Å². The lowest BCUT2D eigenvalue weighted by molar-refractivity contribution is -0.130. The molecule has 9 nitrogen and oxygen atoms in total. The molecule has 4 aromatic rings. The van der Waals surface area contributed by atoms with E-state index in [1.165, 1.54) is 23.2 Å². The molecule has 1 aromatic carbocycles. The van der Waals surface area contributed by atoms with Crippen LogP contribution in [0.25, 0.3) is 22.4 Å². The van der Waals surface area contributed by atoms with Crippen molar-refractivity contribution in [2.24, 2.45) is 0 Å². The van der Waals surface area contributed by atoms with E-state index in [1.54, 1.807) is 30.6 Å². The van der Waals surface area contributed by atoms with E-state index in [0.29, 0.717) is 60.2 Å². The summed E-state index contributed by atoms with van der Waals surface area (Å²) in [6.07, 6.45) is 4.86. The fraction of sp³-hybridized carbons (Fsp3) is 0.321. The van der Waals surface area contributed by atoms with Gasteiger partial charge in [-0.2, -0.15) is 0 Å². The Morgan fingerprint density at radius 1 is 1.08 bits per heavy atom. The number of carbonyl (C=O) groups is 2. The van der Waals surface area contributed by atoms with E-state index in [2.05, 4.69) is 20.3 Å². The molecule has 0 saturated carbocycles. The minimum absolute atomic E-state index is 0.0994. The number of rotatable bonds is 6. The van der Waals surface area contributed by atoms with Crippen LogP contribution in [-0.4, -0.2) is 62.8 Å². The van der Waals surface area contributed by atoms with Crippen LogP contribution in [0.4, 0.5) is 15.9 Å². The van der Waals surface area contributed by atoms with Gasteiger partial charge in [-0.15, -0.1) is 0 Å². The van der Waals surface area contributed by atoms with Crippen LogP contribution in [0.1, 0.15) is 49.5 Å². The van der Waals surface area contributed by atoms with Crippen molar-refractivity contribution in [1.82, 2.24) is 24.8 Å². The van der Waals surface area contributed by atoms with Crippen LogP contribution in [-0.2, 0) is 9.53 Å². The van der Waals surface area contributed by atoms with Crippen LogP contribution in [0.15, 0.2) is 48.9 Å². The number of Topliss-reactive ketones (excluding diaryl/α,β-unsaturated/α-hetero) is 1. The molecule has 3 aromatic heterocycles. The predicted octanol–water partition coefficient (Wildman–Crippen LogP) is 5.09. The Morgan fingerprint density at radius 3 is 2.47 bits per heavy atom. The van der Waals surface area contributed by atoms with Crippen LogP contribution in [0.3, 0.4) is 0 Å². The lowest BCUT2D eigenvalue weighted by Gasteiger charge is -2.26. The Labute approximate surface area is 220 Å². The van der Waals surface area contributed by atoms with Gasteiger partial charge in [0.15, 0.2) is 5.82 Å². The lowest BCUT2D eigenvalue weighted by Crippen LogP contribution is -2.44. The first-order valence-electron chi connectivity index (χ1n) is 12.7. The van der Waals surface area contributed by atoms with Crippen molar-refractivity contribution in [3.8, 4) is 11.4 Å². The van der Waals surface area contributed by atoms with Crippen molar-refractivity contribution in [2.75, 3.05) is 31.6 Å². The first-order chi connectivity index (χ1) is 18.4. The molecule has 0 bridgehead atoms. The molecule has 38 heavy (non-hydrogen) atoms. The lowest BCUT2D eigenvalue weighted by atomic mass is 10.0. The van der Waals surface area contributed by atoms with Gasteiger partial charge in [0.2, 0.25) is 0 Å². The molecule has 1 aliphatic heterocycles. The van der Waals surface area contributed by atoms with E-state index in [0.717, 1.165) is 5.56 Å². The van der Waals surface area contributed by atoms with Crippen molar-refractivity contribution >= 4 is 34.2 Å². The number of ketones is 1. The summed E-state index contributed by atoms with van der Waals surface area (Å²) in [5, 5.41) is 3.84. The molecule has 2 N–H and O–H groups in total. The van der Waals surface area contributed by atoms with Crippen molar-refractivity contribution < 1.29 is 18.7 Å². The van der Waals surface area contributed by atoms with Gasteiger partial charge in [0.1, 0.15) is 17.3 Å². The van der Waals surface area contributed by atoms with Crippen LogP contribution in [0.5, 0.6) is 0 Å². The molecular weight excluding hydrogens is 487 g/mol.